The number of hydrogen-bond acceptors (Lipinski definition) is 4. The lowest BCUT2D eigenvalue weighted by molar-refractivity contribution is -0.149. The summed E-state index contributed by atoms with van der Waals surface area (Å²) < 4.78 is 10.7. The molecule has 2 saturated carbocycles. The summed E-state index contributed by atoms with van der Waals surface area (Å²) in [5, 5.41) is 3.75. The molecular formula is C16H29NO3. The van der Waals surface area contributed by atoms with Crippen LogP contribution in [0.5, 0.6) is 0 Å². The van der Waals surface area contributed by atoms with E-state index < -0.39 is 0 Å². The van der Waals surface area contributed by atoms with Crippen molar-refractivity contribution < 1.29 is 14.3 Å². The van der Waals surface area contributed by atoms with Crippen molar-refractivity contribution in [3.8, 4) is 0 Å². The number of carbonyl (C=O) groups excluding carboxylic acids is 1. The standard InChI is InChI=1S/C16H29NO3/c1-5-20-15(18)11-7-6-8-12(9-11)17-13-10-14(19-4)16(13,2)3/h11-14,17H,5-10H2,1-4H3. The zero-order chi connectivity index (χ0) is 14.8. The number of ether oxygens (including phenoxy) is 2. The quantitative estimate of drug-likeness (QED) is 0.788. The van der Waals surface area contributed by atoms with Crippen molar-refractivity contribution in [1.82, 2.24) is 5.32 Å². The van der Waals surface area contributed by atoms with Gasteiger partial charge in [0.25, 0.3) is 0 Å². The second-order valence-electron chi connectivity index (χ2n) is 6.81. The Morgan fingerprint density at radius 1 is 1.30 bits per heavy atom. The molecule has 0 aromatic rings. The first-order valence-corrected chi connectivity index (χ1v) is 7.94. The maximum atomic E-state index is 11.9. The first-order valence-electron chi connectivity index (χ1n) is 7.94. The Labute approximate surface area is 122 Å². The lowest BCUT2D eigenvalue weighted by Crippen LogP contribution is -2.63. The molecule has 4 unspecified atom stereocenters. The van der Waals surface area contributed by atoms with Gasteiger partial charge < -0.3 is 14.8 Å². The lowest BCUT2D eigenvalue weighted by atomic mass is 9.64. The van der Waals surface area contributed by atoms with Crippen molar-refractivity contribution in [2.45, 2.75) is 71.1 Å². The van der Waals surface area contributed by atoms with Gasteiger partial charge in [0.1, 0.15) is 0 Å². The van der Waals surface area contributed by atoms with Gasteiger partial charge in [-0.1, -0.05) is 20.3 Å². The van der Waals surface area contributed by atoms with Gasteiger partial charge in [-0.05, 0) is 32.6 Å². The monoisotopic (exact) mass is 283 g/mol. The van der Waals surface area contributed by atoms with E-state index in [0.29, 0.717) is 24.8 Å². The van der Waals surface area contributed by atoms with Crippen molar-refractivity contribution in [2.24, 2.45) is 11.3 Å². The summed E-state index contributed by atoms with van der Waals surface area (Å²) in [5.41, 5.74) is 0.186. The highest BCUT2D eigenvalue weighted by atomic mass is 16.5. The zero-order valence-corrected chi connectivity index (χ0v) is 13.3. The molecule has 0 saturated heterocycles. The number of methoxy groups -OCH3 is 1. The normalized spacial score (nSPS) is 36.2. The molecule has 1 N–H and O–H groups in total. The molecule has 116 valence electrons. The summed E-state index contributed by atoms with van der Waals surface area (Å²) >= 11 is 0. The molecule has 0 spiro atoms. The van der Waals surface area contributed by atoms with E-state index >= 15 is 0 Å². The van der Waals surface area contributed by atoms with Gasteiger partial charge in [0.15, 0.2) is 0 Å². The van der Waals surface area contributed by atoms with Crippen LogP contribution in [0.15, 0.2) is 0 Å². The fourth-order valence-corrected chi connectivity index (χ4v) is 3.67. The van der Waals surface area contributed by atoms with Crippen molar-refractivity contribution in [2.75, 3.05) is 13.7 Å². The van der Waals surface area contributed by atoms with E-state index in [9.17, 15) is 4.79 Å². The Balaban J connectivity index is 1.83. The molecule has 4 atom stereocenters. The van der Waals surface area contributed by atoms with Crippen LogP contribution in [0.3, 0.4) is 0 Å². The van der Waals surface area contributed by atoms with Gasteiger partial charge in [-0.25, -0.2) is 0 Å². The number of hydrogen-bond donors (Lipinski definition) is 1. The molecule has 4 heteroatoms. The third-order valence-electron chi connectivity index (χ3n) is 5.19. The van der Waals surface area contributed by atoms with Gasteiger partial charge in [0.05, 0.1) is 18.6 Å². The van der Waals surface area contributed by atoms with Crippen LogP contribution in [0.2, 0.25) is 0 Å². The molecule has 2 aliphatic rings. The van der Waals surface area contributed by atoms with Crippen LogP contribution in [-0.2, 0) is 14.3 Å². The van der Waals surface area contributed by atoms with Crippen molar-refractivity contribution >= 4 is 5.97 Å². The van der Waals surface area contributed by atoms with E-state index in [4.69, 9.17) is 9.47 Å². The SMILES string of the molecule is CCOC(=O)C1CCCC(NC2CC(OC)C2(C)C)C1. The zero-order valence-electron chi connectivity index (χ0n) is 13.3. The first kappa shape index (κ1) is 15.8. The van der Waals surface area contributed by atoms with Gasteiger partial charge in [0.2, 0.25) is 0 Å². The second kappa shape index (κ2) is 6.44. The van der Waals surface area contributed by atoms with Crippen LogP contribution in [0, 0.1) is 11.3 Å². The van der Waals surface area contributed by atoms with Crippen LogP contribution in [0.4, 0.5) is 0 Å². The van der Waals surface area contributed by atoms with E-state index in [1.54, 1.807) is 7.11 Å². The average Bonchev–Trinajstić information content (AvgIpc) is 2.43. The van der Waals surface area contributed by atoms with E-state index in [-0.39, 0.29) is 17.3 Å². The summed E-state index contributed by atoms with van der Waals surface area (Å²) in [6, 6.07) is 0.943. The molecule has 0 amide bonds. The molecule has 2 fully saturated rings. The summed E-state index contributed by atoms with van der Waals surface area (Å²) in [7, 11) is 1.79. The van der Waals surface area contributed by atoms with Gasteiger partial charge in [-0.3, -0.25) is 4.79 Å². The number of esters is 1. The Morgan fingerprint density at radius 2 is 2.05 bits per heavy atom. The second-order valence-corrected chi connectivity index (χ2v) is 6.81. The molecular weight excluding hydrogens is 254 g/mol. The largest absolute Gasteiger partial charge is 0.466 e. The number of rotatable bonds is 5. The Hall–Kier alpha value is -0.610. The summed E-state index contributed by atoms with van der Waals surface area (Å²) in [6.45, 7) is 6.87. The number of nitrogens with one attached hydrogen (secondary N) is 1. The Morgan fingerprint density at radius 3 is 2.65 bits per heavy atom. The minimum atomic E-state index is -0.0124. The first-order chi connectivity index (χ1) is 9.48. The Kier molecular flexibility index (Phi) is 5.08. The van der Waals surface area contributed by atoms with Crippen LogP contribution in [0.1, 0.15) is 52.9 Å². The summed E-state index contributed by atoms with van der Waals surface area (Å²) in [4.78, 5) is 11.9. The third-order valence-corrected chi connectivity index (χ3v) is 5.19. The van der Waals surface area contributed by atoms with Crippen LogP contribution in [0.25, 0.3) is 0 Å². The van der Waals surface area contributed by atoms with Gasteiger partial charge in [-0.15, -0.1) is 0 Å². The maximum absolute atomic E-state index is 11.9. The van der Waals surface area contributed by atoms with Crippen molar-refractivity contribution in [3.05, 3.63) is 0 Å². The molecule has 2 aliphatic carbocycles. The molecule has 0 aromatic carbocycles. The molecule has 0 bridgehead atoms. The summed E-state index contributed by atoms with van der Waals surface area (Å²) in [6.07, 6.45) is 5.60. The molecule has 20 heavy (non-hydrogen) atoms. The van der Waals surface area contributed by atoms with E-state index in [2.05, 4.69) is 19.2 Å². The molecule has 0 radical (unpaired) electrons. The molecule has 4 nitrogen and oxygen atoms in total. The summed E-state index contributed by atoms with van der Waals surface area (Å²) in [5.74, 6) is 0.0734. The highest BCUT2D eigenvalue weighted by Crippen LogP contribution is 2.43. The van der Waals surface area contributed by atoms with Crippen molar-refractivity contribution in [3.63, 3.8) is 0 Å². The highest BCUT2D eigenvalue weighted by molar-refractivity contribution is 5.72. The fourth-order valence-electron chi connectivity index (χ4n) is 3.67. The average molecular weight is 283 g/mol. The van der Waals surface area contributed by atoms with Gasteiger partial charge in [-0.2, -0.15) is 0 Å². The van der Waals surface area contributed by atoms with Crippen LogP contribution >= 0.6 is 0 Å². The highest BCUT2D eigenvalue weighted by Gasteiger charge is 2.49. The van der Waals surface area contributed by atoms with E-state index in [1.807, 2.05) is 6.92 Å². The fraction of sp³-hybridized carbons (Fsp3) is 0.938. The topological polar surface area (TPSA) is 47.6 Å². The molecule has 0 aromatic heterocycles. The molecule has 0 heterocycles. The molecule has 2 rings (SSSR count). The van der Waals surface area contributed by atoms with E-state index in [0.717, 1.165) is 25.7 Å². The smallest absolute Gasteiger partial charge is 0.308 e. The van der Waals surface area contributed by atoms with E-state index in [1.165, 1.54) is 6.42 Å². The lowest BCUT2D eigenvalue weighted by Gasteiger charge is -2.53. The minimum Gasteiger partial charge on any atom is -0.466 e. The van der Waals surface area contributed by atoms with Gasteiger partial charge >= 0.3 is 5.97 Å². The minimum absolute atomic E-state index is 0.0124. The molecule has 0 aliphatic heterocycles. The third kappa shape index (κ3) is 3.17. The predicted molar refractivity (Wildman–Crippen MR) is 78.5 cm³/mol. The Bertz CT molecular complexity index is 343. The van der Waals surface area contributed by atoms with Crippen LogP contribution in [-0.4, -0.2) is 37.9 Å². The van der Waals surface area contributed by atoms with Crippen LogP contribution < -0.4 is 5.32 Å². The number of carbonyl (C=O) groups is 1. The van der Waals surface area contributed by atoms with Gasteiger partial charge in [0, 0.05) is 24.6 Å². The predicted octanol–water partition coefficient (Wildman–Crippen LogP) is 2.51. The maximum Gasteiger partial charge on any atom is 0.308 e. The van der Waals surface area contributed by atoms with Crippen molar-refractivity contribution in [1.29, 1.82) is 0 Å².